The molecule has 1 saturated heterocycles. The number of hydrogen-bond acceptors (Lipinski definition) is 6. The summed E-state index contributed by atoms with van der Waals surface area (Å²) in [6, 6.07) is 9.59. The van der Waals surface area contributed by atoms with Gasteiger partial charge in [0.15, 0.2) is 5.76 Å². The van der Waals surface area contributed by atoms with Crippen molar-refractivity contribution in [1.29, 1.82) is 0 Å². The van der Waals surface area contributed by atoms with Gasteiger partial charge in [-0.25, -0.2) is 4.79 Å². The Morgan fingerprint density at radius 1 is 1.00 bits per heavy atom. The molecule has 30 heavy (non-hydrogen) atoms. The summed E-state index contributed by atoms with van der Waals surface area (Å²) in [4.78, 5) is 40.9. The monoisotopic (exact) mass is 410 g/mol. The minimum atomic E-state index is -0.598. The summed E-state index contributed by atoms with van der Waals surface area (Å²) in [6.45, 7) is 5.30. The summed E-state index contributed by atoms with van der Waals surface area (Å²) < 4.78 is 16.1. The highest BCUT2D eigenvalue weighted by atomic mass is 16.5. The molecule has 0 bridgehead atoms. The van der Waals surface area contributed by atoms with Gasteiger partial charge in [-0.05, 0) is 38.1 Å². The van der Waals surface area contributed by atoms with Crippen LogP contribution in [0.1, 0.15) is 34.8 Å². The Labute approximate surface area is 172 Å². The van der Waals surface area contributed by atoms with Gasteiger partial charge in [0.2, 0.25) is 0 Å². The number of amides is 2. The lowest BCUT2D eigenvalue weighted by atomic mass is 10.1. The Morgan fingerprint density at radius 3 is 2.33 bits per heavy atom. The SMILES string of the molecule is CC(C)Oc1ccc2c(C(=O)N3CCN(C(=O)c4ccco4)CC3)cc(=O)oc2c1. The molecule has 1 aliphatic heterocycles. The normalized spacial score (nSPS) is 14.4. The van der Waals surface area contributed by atoms with E-state index in [0.29, 0.717) is 42.9 Å². The molecule has 3 aromatic rings. The van der Waals surface area contributed by atoms with Crippen LogP contribution in [0.5, 0.6) is 5.75 Å². The quantitative estimate of drug-likeness (QED) is 0.614. The van der Waals surface area contributed by atoms with E-state index in [4.69, 9.17) is 13.6 Å². The molecule has 2 amide bonds. The average molecular weight is 410 g/mol. The molecule has 3 heterocycles. The molecule has 0 N–H and O–H groups in total. The van der Waals surface area contributed by atoms with E-state index >= 15 is 0 Å². The minimum absolute atomic E-state index is 0.0285. The Kier molecular flexibility index (Phi) is 5.31. The van der Waals surface area contributed by atoms with E-state index < -0.39 is 5.63 Å². The van der Waals surface area contributed by atoms with Crippen LogP contribution >= 0.6 is 0 Å². The third-order valence-electron chi connectivity index (χ3n) is 4.90. The molecule has 0 aliphatic carbocycles. The Morgan fingerprint density at radius 2 is 1.70 bits per heavy atom. The number of fused-ring (bicyclic) bond motifs is 1. The van der Waals surface area contributed by atoms with E-state index in [-0.39, 0.29) is 29.2 Å². The van der Waals surface area contributed by atoms with E-state index in [0.717, 1.165) is 0 Å². The molecular formula is C22H22N2O6. The van der Waals surface area contributed by atoms with Crippen molar-refractivity contribution in [2.45, 2.75) is 20.0 Å². The molecule has 1 aromatic carbocycles. The fraction of sp³-hybridized carbons (Fsp3) is 0.318. The topological polar surface area (TPSA) is 93.2 Å². The lowest BCUT2D eigenvalue weighted by Crippen LogP contribution is -2.50. The van der Waals surface area contributed by atoms with E-state index in [1.807, 2.05) is 13.8 Å². The fourth-order valence-corrected chi connectivity index (χ4v) is 3.50. The lowest BCUT2D eigenvalue weighted by molar-refractivity contribution is 0.0519. The van der Waals surface area contributed by atoms with Gasteiger partial charge in [-0.3, -0.25) is 9.59 Å². The third-order valence-corrected chi connectivity index (χ3v) is 4.90. The summed E-state index contributed by atoms with van der Waals surface area (Å²) in [5, 5.41) is 0.546. The number of ether oxygens (including phenoxy) is 1. The number of carbonyl (C=O) groups is 2. The molecule has 0 radical (unpaired) electrons. The Hall–Kier alpha value is -3.55. The van der Waals surface area contributed by atoms with Gasteiger partial charge in [0.1, 0.15) is 11.3 Å². The number of carbonyl (C=O) groups excluding carboxylic acids is 2. The lowest BCUT2D eigenvalue weighted by Gasteiger charge is -2.34. The first-order valence-electron chi connectivity index (χ1n) is 9.79. The maximum Gasteiger partial charge on any atom is 0.337 e. The van der Waals surface area contributed by atoms with Gasteiger partial charge in [0, 0.05) is 43.7 Å². The fourth-order valence-electron chi connectivity index (χ4n) is 3.50. The van der Waals surface area contributed by atoms with Crippen molar-refractivity contribution in [3.05, 3.63) is 64.4 Å². The molecule has 1 fully saturated rings. The third kappa shape index (κ3) is 3.94. The molecule has 1 aliphatic rings. The molecule has 0 spiro atoms. The number of hydrogen-bond donors (Lipinski definition) is 0. The first-order valence-corrected chi connectivity index (χ1v) is 9.79. The average Bonchev–Trinajstić information content (AvgIpc) is 3.26. The largest absolute Gasteiger partial charge is 0.491 e. The second kappa shape index (κ2) is 8.06. The second-order valence-electron chi connectivity index (χ2n) is 7.37. The van der Waals surface area contributed by atoms with Crippen LogP contribution in [0.3, 0.4) is 0 Å². The van der Waals surface area contributed by atoms with Crippen LogP contribution in [0.4, 0.5) is 0 Å². The van der Waals surface area contributed by atoms with E-state index in [9.17, 15) is 14.4 Å². The zero-order chi connectivity index (χ0) is 21.3. The van der Waals surface area contributed by atoms with E-state index in [1.165, 1.54) is 12.3 Å². The molecule has 8 nitrogen and oxygen atoms in total. The zero-order valence-corrected chi connectivity index (χ0v) is 16.8. The highest BCUT2D eigenvalue weighted by Crippen LogP contribution is 2.25. The van der Waals surface area contributed by atoms with Crippen molar-refractivity contribution in [3.8, 4) is 5.75 Å². The van der Waals surface area contributed by atoms with Gasteiger partial charge >= 0.3 is 5.63 Å². The highest BCUT2D eigenvalue weighted by Gasteiger charge is 2.28. The molecule has 0 unspecified atom stereocenters. The van der Waals surface area contributed by atoms with Crippen molar-refractivity contribution in [2.75, 3.05) is 26.2 Å². The predicted octanol–water partition coefficient (Wildman–Crippen LogP) is 2.77. The summed E-state index contributed by atoms with van der Waals surface area (Å²) >= 11 is 0. The van der Waals surface area contributed by atoms with Gasteiger partial charge in [-0.1, -0.05) is 0 Å². The standard InChI is InChI=1S/C22H22N2O6/c1-14(2)29-15-5-6-16-17(13-20(25)30-19(16)12-15)21(26)23-7-9-24(10-8-23)22(27)18-4-3-11-28-18/h3-6,11-14H,7-10H2,1-2H3. The van der Waals surface area contributed by atoms with Gasteiger partial charge in [0.05, 0.1) is 17.9 Å². The van der Waals surface area contributed by atoms with Gasteiger partial charge in [0.25, 0.3) is 11.8 Å². The maximum atomic E-state index is 13.1. The summed E-state index contributed by atoms with van der Waals surface area (Å²) in [5.74, 6) is 0.377. The second-order valence-corrected chi connectivity index (χ2v) is 7.37. The smallest absolute Gasteiger partial charge is 0.337 e. The Bertz CT molecular complexity index is 1120. The van der Waals surface area contributed by atoms with E-state index in [1.54, 1.807) is 40.1 Å². The number of nitrogens with zero attached hydrogens (tertiary/aromatic N) is 2. The molecule has 156 valence electrons. The highest BCUT2D eigenvalue weighted by molar-refractivity contribution is 6.05. The maximum absolute atomic E-state index is 13.1. The van der Waals surface area contributed by atoms with Crippen molar-refractivity contribution in [1.82, 2.24) is 9.80 Å². The molecule has 0 saturated carbocycles. The van der Waals surface area contributed by atoms with Crippen LogP contribution in [0.25, 0.3) is 11.0 Å². The molecule has 2 aromatic heterocycles. The number of furan rings is 1. The Balaban J connectivity index is 1.53. The van der Waals surface area contributed by atoms with Crippen LogP contribution < -0.4 is 10.4 Å². The van der Waals surface area contributed by atoms with Crippen molar-refractivity contribution in [2.24, 2.45) is 0 Å². The summed E-state index contributed by atoms with van der Waals surface area (Å²) in [5.41, 5.74) is -0.0158. The molecule has 8 heteroatoms. The molecular weight excluding hydrogens is 388 g/mol. The van der Waals surface area contributed by atoms with Crippen LogP contribution in [0, 0.1) is 0 Å². The van der Waals surface area contributed by atoms with Crippen LogP contribution in [0.2, 0.25) is 0 Å². The van der Waals surface area contributed by atoms with Gasteiger partial charge in [-0.2, -0.15) is 0 Å². The number of rotatable bonds is 4. The van der Waals surface area contributed by atoms with E-state index in [2.05, 4.69) is 0 Å². The van der Waals surface area contributed by atoms with Gasteiger partial charge < -0.3 is 23.4 Å². The molecule has 4 rings (SSSR count). The van der Waals surface area contributed by atoms with Crippen molar-refractivity contribution < 1.29 is 23.2 Å². The first-order chi connectivity index (χ1) is 14.4. The molecule has 0 atom stereocenters. The predicted molar refractivity (Wildman–Crippen MR) is 109 cm³/mol. The van der Waals surface area contributed by atoms with Crippen molar-refractivity contribution >= 4 is 22.8 Å². The van der Waals surface area contributed by atoms with Crippen LogP contribution in [-0.4, -0.2) is 53.9 Å². The van der Waals surface area contributed by atoms with Crippen LogP contribution in [0.15, 0.2) is 56.3 Å². The summed E-state index contributed by atoms with van der Waals surface area (Å²) in [7, 11) is 0. The number of piperazine rings is 1. The van der Waals surface area contributed by atoms with Crippen LogP contribution in [-0.2, 0) is 0 Å². The van der Waals surface area contributed by atoms with Gasteiger partial charge in [-0.15, -0.1) is 0 Å². The minimum Gasteiger partial charge on any atom is -0.491 e. The zero-order valence-electron chi connectivity index (χ0n) is 16.8. The summed E-state index contributed by atoms with van der Waals surface area (Å²) in [6.07, 6.45) is 1.43. The number of benzene rings is 1. The van der Waals surface area contributed by atoms with Crippen molar-refractivity contribution in [3.63, 3.8) is 0 Å². The first kappa shape index (κ1) is 19.8.